The van der Waals surface area contributed by atoms with E-state index in [9.17, 15) is 4.79 Å². The predicted octanol–water partition coefficient (Wildman–Crippen LogP) is 3.71. The molecule has 0 bridgehead atoms. The molecule has 1 amide bonds. The molecule has 2 aromatic carbocycles. The first kappa shape index (κ1) is 19.8. The quantitative estimate of drug-likeness (QED) is 0.588. The van der Waals surface area contributed by atoms with E-state index < -0.39 is 0 Å². The Bertz CT molecular complexity index is 1150. The Kier molecular flexibility index (Phi) is 5.46. The highest BCUT2D eigenvalue weighted by Gasteiger charge is 2.16. The number of hydrogen-bond acceptors (Lipinski definition) is 7. The van der Waals surface area contributed by atoms with Gasteiger partial charge in [0.05, 0.1) is 11.3 Å². The molecule has 0 saturated heterocycles. The van der Waals surface area contributed by atoms with Crippen molar-refractivity contribution in [2.24, 2.45) is 0 Å². The molecule has 0 fully saturated rings. The summed E-state index contributed by atoms with van der Waals surface area (Å²) in [6.07, 6.45) is 0.832. The average Bonchev–Trinajstić information content (AvgIpc) is 3.27. The molecular weight excluding hydrogens is 416 g/mol. The second-order valence-corrected chi connectivity index (χ2v) is 8.21. The van der Waals surface area contributed by atoms with Gasteiger partial charge in [-0.1, -0.05) is 24.8 Å². The summed E-state index contributed by atoms with van der Waals surface area (Å²) in [5.74, 6) is 3.16. The molecule has 0 unspecified atom stereocenters. The van der Waals surface area contributed by atoms with Gasteiger partial charge in [0, 0.05) is 18.0 Å². The number of rotatable bonds is 6. The maximum Gasteiger partial charge on any atom is 0.231 e. The van der Waals surface area contributed by atoms with Crippen molar-refractivity contribution in [1.29, 1.82) is 0 Å². The monoisotopic (exact) mass is 438 g/mol. The van der Waals surface area contributed by atoms with E-state index >= 15 is 0 Å². The number of thioether (sulfide) groups is 1. The lowest BCUT2D eigenvalue weighted by molar-refractivity contribution is -0.118. The summed E-state index contributed by atoms with van der Waals surface area (Å²) in [7, 11) is 0. The first-order chi connectivity index (χ1) is 15.2. The van der Waals surface area contributed by atoms with Gasteiger partial charge in [-0.25, -0.2) is 4.98 Å². The van der Waals surface area contributed by atoms with Gasteiger partial charge in [0.15, 0.2) is 23.0 Å². The van der Waals surface area contributed by atoms with Gasteiger partial charge in [-0.3, -0.25) is 4.79 Å². The topological polar surface area (TPSA) is 78.9 Å². The number of nitrogens with zero attached hydrogens (tertiary/aromatic N) is 1. The van der Waals surface area contributed by atoms with E-state index in [1.54, 1.807) is 0 Å². The Labute approximate surface area is 184 Å². The smallest absolute Gasteiger partial charge is 0.231 e. The first-order valence-corrected chi connectivity index (χ1v) is 11.2. The molecule has 2 aliphatic heterocycles. The molecule has 8 heteroatoms. The van der Waals surface area contributed by atoms with Gasteiger partial charge in [-0.15, -0.1) is 0 Å². The second-order valence-electron chi connectivity index (χ2n) is 7.25. The lowest BCUT2D eigenvalue weighted by Crippen LogP contribution is -2.24. The normalized spacial score (nSPS) is 14.0. The SMILES string of the molecule is CCc1cc2cc3c(cc2nc1SCC(=O)NCc1ccc2c(c1)OCO2)OCCO3. The largest absolute Gasteiger partial charge is 0.486 e. The van der Waals surface area contributed by atoms with Crippen molar-refractivity contribution in [3.63, 3.8) is 0 Å². The molecule has 1 aromatic heterocycles. The highest BCUT2D eigenvalue weighted by Crippen LogP contribution is 2.36. The van der Waals surface area contributed by atoms with E-state index in [-0.39, 0.29) is 12.7 Å². The van der Waals surface area contributed by atoms with Gasteiger partial charge in [-0.2, -0.15) is 0 Å². The second kappa shape index (κ2) is 8.55. The number of aromatic nitrogens is 1. The number of ether oxygens (including phenoxy) is 4. The standard InChI is InChI=1S/C23H22N2O5S/c1-2-15-8-16-9-20-21(28-6-5-27-20)10-17(16)25-23(15)31-12-22(26)24-11-14-3-4-18-19(7-14)30-13-29-18/h3-4,7-10H,2,5-6,11-13H2,1H3,(H,24,26). The zero-order valence-corrected chi connectivity index (χ0v) is 17.9. The fraction of sp³-hybridized carbons (Fsp3) is 0.304. The van der Waals surface area contributed by atoms with Crippen molar-refractivity contribution < 1.29 is 23.7 Å². The fourth-order valence-corrected chi connectivity index (χ4v) is 4.47. The summed E-state index contributed by atoms with van der Waals surface area (Å²) < 4.78 is 22.0. The van der Waals surface area contributed by atoms with E-state index in [4.69, 9.17) is 23.9 Å². The molecule has 3 heterocycles. The molecule has 0 spiro atoms. The van der Waals surface area contributed by atoms with Crippen molar-refractivity contribution in [1.82, 2.24) is 10.3 Å². The number of hydrogen-bond donors (Lipinski definition) is 1. The third-order valence-electron chi connectivity index (χ3n) is 5.17. The number of nitrogens with one attached hydrogen (secondary N) is 1. The molecular formula is C23H22N2O5S. The van der Waals surface area contributed by atoms with E-state index in [0.717, 1.165) is 45.0 Å². The Morgan fingerprint density at radius 1 is 1.00 bits per heavy atom. The molecule has 7 nitrogen and oxygen atoms in total. The predicted molar refractivity (Wildman–Crippen MR) is 117 cm³/mol. The zero-order chi connectivity index (χ0) is 21.2. The summed E-state index contributed by atoms with van der Waals surface area (Å²) in [4.78, 5) is 17.2. The van der Waals surface area contributed by atoms with Crippen LogP contribution in [0.1, 0.15) is 18.1 Å². The van der Waals surface area contributed by atoms with Crippen LogP contribution in [0.25, 0.3) is 10.9 Å². The maximum atomic E-state index is 12.4. The van der Waals surface area contributed by atoms with Gasteiger partial charge < -0.3 is 24.3 Å². The molecule has 5 rings (SSSR count). The number of pyridine rings is 1. The number of carbonyl (C=O) groups excluding carboxylic acids is 1. The van der Waals surface area contributed by atoms with Gasteiger partial charge >= 0.3 is 0 Å². The van der Waals surface area contributed by atoms with Crippen molar-refractivity contribution >= 4 is 28.6 Å². The van der Waals surface area contributed by atoms with Crippen molar-refractivity contribution in [2.75, 3.05) is 25.8 Å². The fourth-order valence-electron chi connectivity index (χ4n) is 3.55. The van der Waals surface area contributed by atoms with Gasteiger partial charge in [0.2, 0.25) is 12.7 Å². The van der Waals surface area contributed by atoms with Crippen molar-refractivity contribution in [2.45, 2.75) is 24.9 Å². The zero-order valence-electron chi connectivity index (χ0n) is 17.1. The van der Waals surface area contributed by atoms with Gasteiger partial charge in [0.1, 0.15) is 18.2 Å². The molecule has 0 saturated carbocycles. The summed E-state index contributed by atoms with van der Waals surface area (Å²) >= 11 is 1.45. The van der Waals surface area contributed by atoms with Gasteiger partial charge in [-0.05, 0) is 41.8 Å². The summed E-state index contributed by atoms with van der Waals surface area (Å²) in [6, 6.07) is 11.7. The number of fused-ring (bicyclic) bond motifs is 3. The molecule has 1 N–H and O–H groups in total. The number of carbonyl (C=O) groups is 1. The molecule has 0 aliphatic carbocycles. The van der Waals surface area contributed by atoms with E-state index in [1.165, 1.54) is 11.8 Å². The molecule has 160 valence electrons. The lowest BCUT2D eigenvalue weighted by atomic mass is 10.1. The van der Waals surface area contributed by atoms with Crippen LogP contribution in [0, 0.1) is 0 Å². The minimum absolute atomic E-state index is 0.0474. The summed E-state index contributed by atoms with van der Waals surface area (Å²) in [6.45, 7) is 3.86. The van der Waals surface area contributed by atoms with Crippen LogP contribution in [-0.2, 0) is 17.8 Å². The van der Waals surface area contributed by atoms with Crippen LogP contribution in [0.4, 0.5) is 0 Å². The first-order valence-electron chi connectivity index (χ1n) is 10.2. The molecule has 0 atom stereocenters. The van der Waals surface area contributed by atoms with E-state index in [2.05, 4.69) is 18.3 Å². The number of aryl methyl sites for hydroxylation is 1. The Morgan fingerprint density at radius 2 is 1.77 bits per heavy atom. The van der Waals surface area contributed by atoms with Crippen LogP contribution in [-0.4, -0.2) is 36.7 Å². The highest BCUT2D eigenvalue weighted by molar-refractivity contribution is 7.99. The lowest BCUT2D eigenvalue weighted by Gasteiger charge is -2.19. The Balaban J connectivity index is 1.25. The molecule has 2 aliphatic rings. The summed E-state index contributed by atoms with van der Waals surface area (Å²) in [5.41, 5.74) is 2.91. The van der Waals surface area contributed by atoms with E-state index in [1.807, 2.05) is 30.3 Å². The number of amides is 1. The number of benzene rings is 2. The van der Waals surface area contributed by atoms with Crippen molar-refractivity contribution in [3.8, 4) is 23.0 Å². The van der Waals surface area contributed by atoms with Crippen LogP contribution in [0.15, 0.2) is 41.4 Å². The Hall–Kier alpha value is -3.13. The Morgan fingerprint density at radius 3 is 2.61 bits per heavy atom. The molecule has 3 aromatic rings. The maximum absolute atomic E-state index is 12.4. The highest BCUT2D eigenvalue weighted by atomic mass is 32.2. The minimum atomic E-state index is -0.0474. The van der Waals surface area contributed by atoms with Crippen LogP contribution >= 0.6 is 11.8 Å². The molecule has 31 heavy (non-hydrogen) atoms. The summed E-state index contributed by atoms with van der Waals surface area (Å²) in [5, 5.41) is 4.83. The molecule has 0 radical (unpaired) electrons. The van der Waals surface area contributed by atoms with Crippen LogP contribution < -0.4 is 24.3 Å². The minimum Gasteiger partial charge on any atom is -0.486 e. The van der Waals surface area contributed by atoms with Crippen LogP contribution in [0.3, 0.4) is 0 Å². The van der Waals surface area contributed by atoms with Crippen LogP contribution in [0.2, 0.25) is 0 Å². The van der Waals surface area contributed by atoms with Crippen molar-refractivity contribution in [3.05, 3.63) is 47.5 Å². The van der Waals surface area contributed by atoms with E-state index in [0.29, 0.717) is 37.0 Å². The third-order valence-corrected chi connectivity index (χ3v) is 6.20. The average molecular weight is 439 g/mol. The van der Waals surface area contributed by atoms with Crippen LogP contribution in [0.5, 0.6) is 23.0 Å². The van der Waals surface area contributed by atoms with Gasteiger partial charge in [0.25, 0.3) is 0 Å². The third kappa shape index (κ3) is 4.20.